The minimum absolute atomic E-state index is 0.170. The number of rotatable bonds is 7. The Bertz CT molecular complexity index is 1090. The van der Waals surface area contributed by atoms with Crippen LogP contribution in [0.25, 0.3) is 10.8 Å². The molecule has 0 saturated carbocycles. The molecule has 3 aromatic rings. The lowest BCUT2D eigenvalue weighted by Gasteiger charge is -2.31. The topological polar surface area (TPSA) is 58.6 Å². The molecule has 0 aliphatic rings. The molecular weight excluding hydrogens is 468 g/mol. The maximum absolute atomic E-state index is 13.2. The van der Waals surface area contributed by atoms with Crippen LogP contribution in [0.2, 0.25) is 0 Å². The van der Waals surface area contributed by atoms with Crippen LogP contribution in [0, 0.1) is 0 Å². The number of amides is 2. The highest BCUT2D eigenvalue weighted by Gasteiger charge is 2.28. The first-order chi connectivity index (χ1) is 15.2. The number of hydrogen-bond acceptors (Lipinski definition) is 3. The number of fused-ring (bicyclic) bond motifs is 1. The number of halogens is 1. The molecule has 0 aliphatic heterocycles. The second kappa shape index (κ2) is 10.2. The zero-order chi connectivity index (χ0) is 23.3. The maximum Gasteiger partial charge on any atom is 0.261 e. The van der Waals surface area contributed by atoms with Gasteiger partial charge in [0.2, 0.25) is 5.91 Å². The molecular formula is C26H29BrN2O3. The molecule has 1 N–H and O–H groups in total. The molecule has 5 nitrogen and oxygen atoms in total. The summed E-state index contributed by atoms with van der Waals surface area (Å²) in [6.45, 7) is 7.65. The van der Waals surface area contributed by atoms with E-state index in [0.717, 1.165) is 20.8 Å². The number of carbonyl (C=O) groups excluding carboxylic acids is 2. The summed E-state index contributed by atoms with van der Waals surface area (Å²) in [5, 5.41) is 5.05. The van der Waals surface area contributed by atoms with Gasteiger partial charge < -0.3 is 15.0 Å². The molecule has 2 amide bonds. The lowest BCUT2D eigenvalue weighted by Crippen LogP contribution is -2.53. The Morgan fingerprint density at radius 3 is 2.34 bits per heavy atom. The molecule has 0 aromatic heterocycles. The summed E-state index contributed by atoms with van der Waals surface area (Å²) in [6, 6.07) is 20.7. The van der Waals surface area contributed by atoms with E-state index in [-0.39, 0.29) is 24.0 Å². The highest BCUT2D eigenvalue weighted by atomic mass is 79.9. The van der Waals surface area contributed by atoms with Crippen LogP contribution in [0.15, 0.2) is 71.2 Å². The van der Waals surface area contributed by atoms with Gasteiger partial charge in [0.1, 0.15) is 11.8 Å². The highest BCUT2D eigenvalue weighted by molar-refractivity contribution is 9.10. The van der Waals surface area contributed by atoms with Crippen molar-refractivity contribution in [2.24, 2.45) is 0 Å². The van der Waals surface area contributed by atoms with Crippen molar-refractivity contribution in [3.8, 4) is 5.75 Å². The number of hydrogen-bond donors (Lipinski definition) is 1. The standard InChI is InChI=1S/C26H29BrN2O3/c1-18(25(31)28-26(2,3)4)29(16-19-10-6-5-7-11-19)23(30)17-32-22-15-14-20-12-8-9-13-21(20)24(22)27/h5-15,18H,16-17H2,1-4H3,(H,28,31). The average Bonchev–Trinajstić information content (AvgIpc) is 2.76. The third kappa shape index (κ3) is 6.10. The van der Waals surface area contributed by atoms with Gasteiger partial charge >= 0.3 is 0 Å². The Balaban J connectivity index is 1.78. The van der Waals surface area contributed by atoms with E-state index in [1.165, 1.54) is 0 Å². The molecule has 1 unspecified atom stereocenters. The Hall–Kier alpha value is -2.86. The minimum atomic E-state index is -0.648. The Morgan fingerprint density at radius 2 is 1.66 bits per heavy atom. The third-order valence-electron chi connectivity index (χ3n) is 5.04. The summed E-state index contributed by atoms with van der Waals surface area (Å²) in [4.78, 5) is 27.6. The van der Waals surface area contributed by atoms with Crippen molar-refractivity contribution < 1.29 is 14.3 Å². The van der Waals surface area contributed by atoms with Crippen molar-refractivity contribution >= 4 is 38.5 Å². The van der Waals surface area contributed by atoms with Crippen LogP contribution >= 0.6 is 15.9 Å². The molecule has 0 fully saturated rings. The Morgan fingerprint density at radius 1 is 1.00 bits per heavy atom. The van der Waals surface area contributed by atoms with Crippen LogP contribution < -0.4 is 10.1 Å². The van der Waals surface area contributed by atoms with E-state index in [0.29, 0.717) is 12.3 Å². The van der Waals surface area contributed by atoms with Gasteiger partial charge in [-0.3, -0.25) is 9.59 Å². The maximum atomic E-state index is 13.2. The zero-order valence-corrected chi connectivity index (χ0v) is 20.5. The van der Waals surface area contributed by atoms with Crippen LogP contribution in [0.5, 0.6) is 5.75 Å². The fourth-order valence-electron chi connectivity index (χ4n) is 3.38. The highest BCUT2D eigenvalue weighted by Crippen LogP contribution is 2.33. The van der Waals surface area contributed by atoms with E-state index >= 15 is 0 Å². The first kappa shape index (κ1) is 23.8. The van der Waals surface area contributed by atoms with Crippen molar-refractivity contribution in [3.05, 3.63) is 76.8 Å². The predicted octanol–water partition coefficient (Wildman–Crippen LogP) is 5.31. The molecule has 0 bridgehead atoms. The van der Waals surface area contributed by atoms with E-state index < -0.39 is 6.04 Å². The van der Waals surface area contributed by atoms with Crippen LogP contribution in [0.1, 0.15) is 33.3 Å². The van der Waals surface area contributed by atoms with Crippen molar-refractivity contribution in [3.63, 3.8) is 0 Å². The van der Waals surface area contributed by atoms with Gasteiger partial charge in [0.05, 0.1) is 4.47 Å². The Kier molecular flexibility index (Phi) is 7.56. The molecule has 168 valence electrons. The van der Waals surface area contributed by atoms with Gasteiger partial charge in [0, 0.05) is 12.1 Å². The molecule has 3 aromatic carbocycles. The van der Waals surface area contributed by atoms with E-state index in [4.69, 9.17) is 4.74 Å². The summed E-state index contributed by atoms with van der Waals surface area (Å²) in [5.74, 6) is 0.127. The number of nitrogens with one attached hydrogen (secondary N) is 1. The second-order valence-electron chi connectivity index (χ2n) is 8.81. The number of nitrogens with zero attached hydrogens (tertiary/aromatic N) is 1. The average molecular weight is 497 g/mol. The second-order valence-corrected chi connectivity index (χ2v) is 9.60. The SMILES string of the molecule is CC(C(=O)NC(C)(C)C)N(Cc1ccccc1)C(=O)COc1ccc2ccccc2c1Br. The summed E-state index contributed by atoms with van der Waals surface area (Å²) in [6.07, 6.45) is 0. The molecule has 0 radical (unpaired) electrons. The van der Waals surface area contributed by atoms with E-state index in [9.17, 15) is 9.59 Å². The van der Waals surface area contributed by atoms with Gasteiger partial charge in [0.25, 0.3) is 5.91 Å². The molecule has 0 aliphatic carbocycles. The number of ether oxygens (including phenoxy) is 1. The van der Waals surface area contributed by atoms with Crippen molar-refractivity contribution in [1.29, 1.82) is 0 Å². The summed E-state index contributed by atoms with van der Waals surface area (Å²) >= 11 is 3.59. The van der Waals surface area contributed by atoms with Gasteiger partial charge in [-0.1, -0.05) is 60.7 Å². The van der Waals surface area contributed by atoms with Crippen LogP contribution in [-0.4, -0.2) is 34.9 Å². The quantitative estimate of drug-likeness (QED) is 0.481. The molecule has 32 heavy (non-hydrogen) atoms. The molecule has 0 heterocycles. The van der Waals surface area contributed by atoms with Gasteiger partial charge in [-0.25, -0.2) is 0 Å². The van der Waals surface area contributed by atoms with Crippen molar-refractivity contribution in [2.75, 3.05) is 6.61 Å². The third-order valence-corrected chi connectivity index (χ3v) is 5.86. The Labute approximate surface area is 197 Å². The van der Waals surface area contributed by atoms with Gasteiger partial charge in [-0.2, -0.15) is 0 Å². The molecule has 1 atom stereocenters. The number of carbonyl (C=O) groups is 2. The summed E-state index contributed by atoms with van der Waals surface area (Å²) in [5.41, 5.74) is 0.558. The molecule has 0 spiro atoms. The summed E-state index contributed by atoms with van der Waals surface area (Å²) < 4.78 is 6.69. The van der Waals surface area contributed by atoms with E-state index in [2.05, 4.69) is 21.2 Å². The molecule has 3 rings (SSSR count). The van der Waals surface area contributed by atoms with Gasteiger partial charge in [0.15, 0.2) is 6.61 Å². The van der Waals surface area contributed by atoms with E-state index in [1.54, 1.807) is 11.8 Å². The largest absolute Gasteiger partial charge is 0.483 e. The lowest BCUT2D eigenvalue weighted by molar-refractivity contribution is -0.142. The molecule has 0 saturated heterocycles. The smallest absolute Gasteiger partial charge is 0.261 e. The van der Waals surface area contributed by atoms with Gasteiger partial charge in [-0.05, 0) is 66.0 Å². The summed E-state index contributed by atoms with van der Waals surface area (Å²) in [7, 11) is 0. The van der Waals surface area contributed by atoms with E-state index in [1.807, 2.05) is 87.5 Å². The van der Waals surface area contributed by atoms with Crippen LogP contribution in [0.4, 0.5) is 0 Å². The monoisotopic (exact) mass is 496 g/mol. The van der Waals surface area contributed by atoms with Gasteiger partial charge in [-0.15, -0.1) is 0 Å². The van der Waals surface area contributed by atoms with Crippen LogP contribution in [0.3, 0.4) is 0 Å². The van der Waals surface area contributed by atoms with Crippen LogP contribution in [-0.2, 0) is 16.1 Å². The minimum Gasteiger partial charge on any atom is -0.483 e. The number of benzene rings is 3. The molecule has 6 heteroatoms. The normalized spacial score (nSPS) is 12.3. The lowest BCUT2D eigenvalue weighted by atomic mass is 10.1. The van der Waals surface area contributed by atoms with Crippen molar-refractivity contribution in [2.45, 2.75) is 45.8 Å². The fraction of sp³-hybridized carbons (Fsp3) is 0.308. The van der Waals surface area contributed by atoms with Crippen molar-refractivity contribution in [1.82, 2.24) is 10.2 Å². The fourth-order valence-corrected chi connectivity index (χ4v) is 3.99. The first-order valence-electron chi connectivity index (χ1n) is 10.6. The zero-order valence-electron chi connectivity index (χ0n) is 18.9. The first-order valence-corrected chi connectivity index (χ1v) is 11.4. The predicted molar refractivity (Wildman–Crippen MR) is 131 cm³/mol.